The molecule has 0 saturated carbocycles. The van der Waals surface area contributed by atoms with E-state index in [9.17, 15) is 4.79 Å². The molecule has 3 nitrogen and oxygen atoms in total. The third kappa shape index (κ3) is 3.49. The van der Waals surface area contributed by atoms with E-state index in [0.29, 0.717) is 6.54 Å². The first-order valence-electron chi connectivity index (χ1n) is 4.47. The highest BCUT2D eigenvalue weighted by Gasteiger charge is 2.18. The summed E-state index contributed by atoms with van der Waals surface area (Å²) in [4.78, 5) is 11.0. The number of halogens is 1. The lowest BCUT2D eigenvalue weighted by molar-refractivity contribution is -0.139. The summed E-state index contributed by atoms with van der Waals surface area (Å²) in [6.45, 7) is 4.00. The number of carboxylic acids is 1. The van der Waals surface area contributed by atoms with E-state index in [2.05, 4.69) is 27.8 Å². The molecule has 1 atom stereocenters. The highest BCUT2D eigenvalue weighted by atomic mass is 79.9. The monoisotopic (exact) mass is 269 g/mol. The van der Waals surface area contributed by atoms with Gasteiger partial charge in [0.2, 0.25) is 0 Å². The number of rotatable bonds is 5. The largest absolute Gasteiger partial charge is 0.480 e. The van der Waals surface area contributed by atoms with Gasteiger partial charge in [-0.1, -0.05) is 34.1 Å². The van der Waals surface area contributed by atoms with E-state index < -0.39 is 12.0 Å². The summed E-state index contributed by atoms with van der Waals surface area (Å²) in [6, 6.07) is 6.54. The second-order valence-corrected chi connectivity index (χ2v) is 3.94. The average molecular weight is 270 g/mol. The van der Waals surface area contributed by atoms with Gasteiger partial charge in [0, 0.05) is 11.0 Å². The quantitative estimate of drug-likeness (QED) is 0.807. The summed E-state index contributed by atoms with van der Waals surface area (Å²) in [5.41, 5.74) is 0.721. The Kier molecular flexibility index (Phi) is 4.52. The van der Waals surface area contributed by atoms with Gasteiger partial charge in [0.1, 0.15) is 6.04 Å². The number of aliphatic carboxylic acids is 1. The van der Waals surface area contributed by atoms with E-state index in [4.69, 9.17) is 5.11 Å². The minimum atomic E-state index is -0.894. The lowest BCUT2D eigenvalue weighted by Gasteiger charge is -2.13. The fourth-order valence-corrected chi connectivity index (χ4v) is 1.65. The third-order valence-corrected chi connectivity index (χ3v) is 2.39. The molecule has 15 heavy (non-hydrogen) atoms. The summed E-state index contributed by atoms with van der Waals surface area (Å²) >= 11 is 3.31. The van der Waals surface area contributed by atoms with Crippen LogP contribution >= 0.6 is 15.9 Å². The van der Waals surface area contributed by atoms with Crippen LogP contribution in [-0.2, 0) is 4.79 Å². The fraction of sp³-hybridized carbons (Fsp3) is 0.182. The Labute approximate surface area is 96.9 Å². The van der Waals surface area contributed by atoms with Crippen molar-refractivity contribution >= 4 is 21.9 Å². The molecule has 0 bridgehead atoms. The van der Waals surface area contributed by atoms with Crippen molar-refractivity contribution in [1.29, 1.82) is 0 Å². The standard InChI is InChI=1S/C11H12BrNO2/c1-2-6-13-10(11(14)15)8-4-3-5-9(12)7-8/h2-5,7,10,13H,1,6H2,(H,14,15). The molecule has 0 aromatic heterocycles. The first-order chi connectivity index (χ1) is 7.15. The van der Waals surface area contributed by atoms with Crippen molar-refractivity contribution < 1.29 is 9.90 Å². The zero-order chi connectivity index (χ0) is 11.3. The van der Waals surface area contributed by atoms with E-state index in [1.165, 1.54) is 0 Å². The molecule has 1 unspecified atom stereocenters. The molecule has 1 aromatic rings. The number of carbonyl (C=O) groups is 1. The molecule has 1 aromatic carbocycles. The SMILES string of the molecule is C=CCNC(C(=O)O)c1cccc(Br)c1. The lowest BCUT2D eigenvalue weighted by atomic mass is 10.1. The highest BCUT2D eigenvalue weighted by molar-refractivity contribution is 9.10. The number of hydrogen-bond acceptors (Lipinski definition) is 2. The van der Waals surface area contributed by atoms with Crippen LogP contribution in [0, 0.1) is 0 Å². The number of hydrogen-bond donors (Lipinski definition) is 2. The molecule has 80 valence electrons. The molecule has 0 aliphatic carbocycles. The third-order valence-electron chi connectivity index (χ3n) is 1.90. The molecule has 0 aliphatic heterocycles. The lowest BCUT2D eigenvalue weighted by Crippen LogP contribution is -2.28. The molecular formula is C11H12BrNO2. The summed E-state index contributed by atoms with van der Waals surface area (Å²) in [5, 5.41) is 11.9. The molecule has 1 rings (SSSR count). The normalized spacial score (nSPS) is 12.1. The Morgan fingerprint density at radius 3 is 2.93 bits per heavy atom. The minimum absolute atomic E-state index is 0.462. The summed E-state index contributed by atoms with van der Waals surface area (Å²) in [5.74, 6) is -0.894. The Bertz CT molecular complexity index is 365. The zero-order valence-corrected chi connectivity index (χ0v) is 9.70. The molecule has 0 radical (unpaired) electrons. The van der Waals surface area contributed by atoms with Crippen LogP contribution in [0.25, 0.3) is 0 Å². The Balaban J connectivity index is 2.88. The van der Waals surface area contributed by atoms with Crippen molar-refractivity contribution in [2.45, 2.75) is 6.04 Å². The van der Waals surface area contributed by atoms with E-state index in [0.717, 1.165) is 10.0 Å². The summed E-state index contributed by atoms with van der Waals surface area (Å²) in [7, 11) is 0. The molecule has 0 saturated heterocycles. The van der Waals surface area contributed by atoms with Crippen LogP contribution in [0.2, 0.25) is 0 Å². The van der Waals surface area contributed by atoms with Gasteiger partial charge in [0.05, 0.1) is 0 Å². The molecule has 0 aliphatic rings. The van der Waals surface area contributed by atoms with Crippen LogP contribution in [-0.4, -0.2) is 17.6 Å². The number of nitrogens with one attached hydrogen (secondary N) is 1. The van der Waals surface area contributed by atoms with Gasteiger partial charge in [0.25, 0.3) is 0 Å². The summed E-state index contributed by atoms with van der Waals surface area (Å²) in [6.07, 6.45) is 1.63. The van der Waals surface area contributed by atoms with Crippen molar-refractivity contribution in [2.75, 3.05) is 6.54 Å². The van der Waals surface area contributed by atoms with Gasteiger partial charge in [-0.25, -0.2) is 0 Å². The topological polar surface area (TPSA) is 49.3 Å². The molecule has 2 N–H and O–H groups in total. The van der Waals surface area contributed by atoms with Gasteiger partial charge >= 0.3 is 5.97 Å². The fourth-order valence-electron chi connectivity index (χ4n) is 1.24. The number of benzene rings is 1. The maximum absolute atomic E-state index is 11.0. The Hall–Kier alpha value is -1.13. The molecule has 4 heteroatoms. The van der Waals surface area contributed by atoms with Gasteiger partial charge in [-0.15, -0.1) is 6.58 Å². The van der Waals surface area contributed by atoms with Crippen molar-refractivity contribution in [1.82, 2.24) is 5.32 Å². The summed E-state index contributed by atoms with van der Waals surface area (Å²) < 4.78 is 0.867. The maximum atomic E-state index is 11.0. The predicted molar refractivity (Wildman–Crippen MR) is 62.7 cm³/mol. The Morgan fingerprint density at radius 1 is 1.67 bits per heavy atom. The van der Waals surface area contributed by atoms with Crippen LogP contribution < -0.4 is 5.32 Å². The van der Waals surface area contributed by atoms with Crippen LogP contribution in [0.5, 0.6) is 0 Å². The first-order valence-corrected chi connectivity index (χ1v) is 5.27. The van der Waals surface area contributed by atoms with Gasteiger partial charge in [-0.3, -0.25) is 10.1 Å². The van der Waals surface area contributed by atoms with E-state index >= 15 is 0 Å². The van der Waals surface area contributed by atoms with Crippen molar-refractivity contribution in [2.24, 2.45) is 0 Å². The van der Waals surface area contributed by atoms with Gasteiger partial charge in [-0.2, -0.15) is 0 Å². The van der Waals surface area contributed by atoms with Gasteiger partial charge in [-0.05, 0) is 17.7 Å². The van der Waals surface area contributed by atoms with Crippen molar-refractivity contribution in [3.05, 3.63) is 47.0 Å². The minimum Gasteiger partial charge on any atom is -0.480 e. The van der Waals surface area contributed by atoms with Crippen LogP contribution in [0.15, 0.2) is 41.4 Å². The molecule has 0 amide bonds. The van der Waals surface area contributed by atoms with Crippen molar-refractivity contribution in [3.8, 4) is 0 Å². The van der Waals surface area contributed by atoms with E-state index in [1.807, 2.05) is 12.1 Å². The van der Waals surface area contributed by atoms with Crippen LogP contribution in [0.3, 0.4) is 0 Å². The second kappa shape index (κ2) is 5.68. The van der Waals surface area contributed by atoms with Gasteiger partial charge < -0.3 is 5.11 Å². The number of carboxylic acid groups (broad SMARTS) is 1. The second-order valence-electron chi connectivity index (χ2n) is 3.02. The van der Waals surface area contributed by atoms with Gasteiger partial charge in [0.15, 0.2) is 0 Å². The van der Waals surface area contributed by atoms with Crippen molar-refractivity contribution in [3.63, 3.8) is 0 Å². The molecular weight excluding hydrogens is 258 g/mol. The predicted octanol–water partition coefficient (Wildman–Crippen LogP) is 2.35. The smallest absolute Gasteiger partial charge is 0.325 e. The van der Waals surface area contributed by atoms with E-state index in [1.54, 1.807) is 18.2 Å². The maximum Gasteiger partial charge on any atom is 0.325 e. The molecule has 0 spiro atoms. The average Bonchev–Trinajstić information content (AvgIpc) is 2.18. The Morgan fingerprint density at radius 2 is 2.40 bits per heavy atom. The first kappa shape index (κ1) is 11.9. The van der Waals surface area contributed by atoms with E-state index in [-0.39, 0.29) is 0 Å². The highest BCUT2D eigenvalue weighted by Crippen LogP contribution is 2.18. The zero-order valence-electron chi connectivity index (χ0n) is 8.11. The van der Waals surface area contributed by atoms with Crippen LogP contribution in [0.4, 0.5) is 0 Å². The molecule has 0 fully saturated rings. The molecule has 0 heterocycles. The van der Waals surface area contributed by atoms with Crippen LogP contribution in [0.1, 0.15) is 11.6 Å².